The third kappa shape index (κ3) is 4.06. The molecule has 2 aromatic carbocycles. The summed E-state index contributed by atoms with van der Waals surface area (Å²) in [5.74, 6) is -0.257. The summed E-state index contributed by atoms with van der Waals surface area (Å²) in [5, 5.41) is 3.72. The van der Waals surface area contributed by atoms with Crippen molar-refractivity contribution >= 4 is 32.5 Å². The van der Waals surface area contributed by atoms with E-state index in [1.165, 1.54) is 26.2 Å². The Morgan fingerprint density at radius 2 is 1.94 bits per heavy atom. The molecule has 162 valence electrons. The maximum atomic E-state index is 13.5. The average Bonchev–Trinajstić information content (AvgIpc) is 2.77. The van der Waals surface area contributed by atoms with Crippen molar-refractivity contribution in [1.29, 1.82) is 0 Å². The fourth-order valence-electron chi connectivity index (χ4n) is 3.91. The Morgan fingerprint density at radius 3 is 2.68 bits per heavy atom. The SMILES string of the molecule is CCN1CCc2nc3ccccc3c(C(=O)Nc3cccc(S(=O)(=O)N(C)C)c3)c2C1. The van der Waals surface area contributed by atoms with Crippen molar-refractivity contribution in [3.8, 4) is 0 Å². The predicted molar refractivity (Wildman–Crippen MR) is 122 cm³/mol. The first kappa shape index (κ1) is 21.4. The largest absolute Gasteiger partial charge is 0.322 e. The summed E-state index contributed by atoms with van der Waals surface area (Å²) in [6.45, 7) is 4.59. The van der Waals surface area contributed by atoms with Crippen LogP contribution in [0.15, 0.2) is 53.4 Å². The molecule has 3 aromatic rings. The first-order chi connectivity index (χ1) is 14.8. The Balaban J connectivity index is 1.77. The summed E-state index contributed by atoms with van der Waals surface area (Å²) in [6.07, 6.45) is 0.796. The molecule has 0 saturated carbocycles. The van der Waals surface area contributed by atoms with E-state index in [0.717, 1.165) is 46.0 Å². The molecule has 0 unspecified atom stereocenters. The van der Waals surface area contributed by atoms with Crippen molar-refractivity contribution in [1.82, 2.24) is 14.2 Å². The van der Waals surface area contributed by atoms with Gasteiger partial charge in [0.2, 0.25) is 10.0 Å². The van der Waals surface area contributed by atoms with Crippen LogP contribution in [-0.4, -0.2) is 55.7 Å². The number of aromatic nitrogens is 1. The van der Waals surface area contributed by atoms with Crippen LogP contribution in [0.2, 0.25) is 0 Å². The number of para-hydroxylation sites is 1. The fraction of sp³-hybridized carbons (Fsp3) is 0.304. The monoisotopic (exact) mass is 438 g/mol. The van der Waals surface area contributed by atoms with Gasteiger partial charge < -0.3 is 5.32 Å². The lowest BCUT2D eigenvalue weighted by Gasteiger charge is -2.29. The van der Waals surface area contributed by atoms with Crippen LogP contribution in [0.1, 0.15) is 28.5 Å². The van der Waals surface area contributed by atoms with Crippen molar-refractivity contribution in [2.45, 2.75) is 24.8 Å². The van der Waals surface area contributed by atoms with Gasteiger partial charge in [0.25, 0.3) is 5.91 Å². The van der Waals surface area contributed by atoms with Gasteiger partial charge in [-0.25, -0.2) is 12.7 Å². The van der Waals surface area contributed by atoms with Gasteiger partial charge in [0.05, 0.1) is 16.0 Å². The number of amides is 1. The Kier molecular flexibility index (Phi) is 5.79. The minimum absolute atomic E-state index is 0.133. The second kappa shape index (κ2) is 8.37. The number of rotatable bonds is 5. The summed E-state index contributed by atoms with van der Waals surface area (Å²) >= 11 is 0. The van der Waals surface area contributed by atoms with E-state index in [1.807, 2.05) is 24.3 Å². The third-order valence-corrected chi connectivity index (χ3v) is 7.48. The Labute approximate surface area is 182 Å². The number of nitrogens with one attached hydrogen (secondary N) is 1. The number of benzene rings is 2. The molecule has 4 rings (SSSR count). The van der Waals surface area contributed by atoms with Gasteiger partial charge >= 0.3 is 0 Å². The van der Waals surface area contributed by atoms with E-state index >= 15 is 0 Å². The molecule has 1 N–H and O–H groups in total. The number of hydrogen-bond donors (Lipinski definition) is 1. The summed E-state index contributed by atoms with van der Waals surface area (Å²) in [6, 6.07) is 14.0. The van der Waals surface area contributed by atoms with Crippen molar-refractivity contribution in [3.63, 3.8) is 0 Å². The summed E-state index contributed by atoms with van der Waals surface area (Å²) < 4.78 is 26.1. The first-order valence-corrected chi connectivity index (χ1v) is 11.7. The minimum Gasteiger partial charge on any atom is -0.322 e. The number of likely N-dealkylation sites (N-methyl/N-ethyl adjacent to an activating group) is 1. The Morgan fingerprint density at radius 1 is 1.16 bits per heavy atom. The van der Waals surface area contributed by atoms with Crippen LogP contribution in [0.5, 0.6) is 0 Å². The number of fused-ring (bicyclic) bond motifs is 2. The molecule has 1 aliphatic heterocycles. The highest BCUT2D eigenvalue weighted by Gasteiger charge is 2.25. The first-order valence-electron chi connectivity index (χ1n) is 10.3. The Bertz CT molecular complexity index is 1250. The maximum Gasteiger partial charge on any atom is 0.256 e. The molecule has 1 aliphatic rings. The van der Waals surface area contributed by atoms with Crippen molar-refractivity contribution in [2.24, 2.45) is 0 Å². The van der Waals surface area contributed by atoms with E-state index in [0.29, 0.717) is 17.8 Å². The van der Waals surface area contributed by atoms with Gasteiger partial charge in [-0.1, -0.05) is 31.2 Å². The molecule has 31 heavy (non-hydrogen) atoms. The molecule has 0 aliphatic carbocycles. The second-order valence-electron chi connectivity index (χ2n) is 7.82. The lowest BCUT2D eigenvalue weighted by molar-refractivity contribution is 0.102. The molecule has 0 bridgehead atoms. The number of pyridine rings is 1. The van der Waals surface area contributed by atoms with Gasteiger partial charge in [-0.05, 0) is 30.8 Å². The maximum absolute atomic E-state index is 13.5. The quantitative estimate of drug-likeness (QED) is 0.662. The lowest BCUT2D eigenvalue weighted by atomic mass is 9.95. The number of sulfonamides is 1. The number of nitrogens with zero attached hydrogens (tertiary/aromatic N) is 3. The topological polar surface area (TPSA) is 82.6 Å². The molecule has 1 amide bonds. The van der Waals surface area contributed by atoms with E-state index in [2.05, 4.69) is 17.1 Å². The molecular formula is C23H26N4O3S. The van der Waals surface area contributed by atoms with Crippen LogP contribution >= 0.6 is 0 Å². The van der Waals surface area contributed by atoms with Crippen LogP contribution in [-0.2, 0) is 23.0 Å². The van der Waals surface area contributed by atoms with Crippen molar-refractivity contribution < 1.29 is 13.2 Å². The molecule has 2 heterocycles. The van der Waals surface area contributed by atoms with Gasteiger partial charge in [-0.15, -0.1) is 0 Å². The fourth-order valence-corrected chi connectivity index (χ4v) is 4.86. The molecule has 1 aromatic heterocycles. The van der Waals surface area contributed by atoms with E-state index in [4.69, 9.17) is 4.98 Å². The predicted octanol–water partition coefficient (Wildman–Crippen LogP) is 3.12. The van der Waals surface area contributed by atoms with E-state index < -0.39 is 10.0 Å². The molecule has 8 heteroatoms. The number of carbonyl (C=O) groups excluding carboxylic acids is 1. The molecule has 0 spiro atoms. The smallest absolute Gasteiger partial charge is 0.256 e. The molecule has 7 nitrogen and oxygen atoms in total. The summed E-state index contributed by atoms with van der Waals surface area (Å²) in [4.78, 5) is 20.7. The van der Waals surface area contributed by atoms with E-state index in [9.17, 15) is 13.2 Å². The van der Waals surface area contributed by atoms with Crippen LogP contribution < -0.4 is 5.32 Å². The molecule has 0 radical (unpaired) electrons. The lowest BCUT2D eigenvalue weighted by Crippen LogP contribution is -2.33. The van der Waals surface area contributed by atoms with Gasteiger partial charge in [0.1, 0.15) is 0 Å². The van der Waals surface area contributed by atoms with Crippen molar-refractivity contribution in [2.75, 3.05) is 32.5 Å². The number of anilines is 1. The van der Waals surface area contributed by atoms with Crippen LogP contribution in [0.4, 0.5) is 5.69 Å². The van der Waals surface area contributed by atoms with Crippen LogP contribution in [0.25, 0.3) is 10.9 Å². The summed E-state index contributed by atoms with van der Waals surface area (Å²) in [5.41, 5.74) is 3.74. The highest BCUT2D eigenvalue weighted by molar-refractivity contribution is 7.89. The van der Waals surface area contributed by atoms with Gasteiger partial charge in [-0.2, -0.15) is 0 Å². The minimum atomic E-state index is -3.59. The van der Waals surface area contributed by atoms with Crippen LogP contribution in [0.3, 0.4) is 0 Å². The van der Waals surface area contributed by atoms with Crippen LogP contribution in [0, 0.1) is 0 Å². The molecule has 0 atom stereocenters. The van der Waals surface area contributed by atoms with Crippen molar-refractivity contribution in [3.05, 3.63) is 65.4 Å². The highest BCUT2D eigenvalue weighted by atomic mass is 32.2. The normalized spacial score (nSPS) is 14.6. The molecular weight excluding hydrogens is 412 g/mol. The van der Waals surface area contributed by atoms with Gasteiger partial charge in [0.15, 0.2) is 0 Å². The highest BCUT2D eigenvalue weighted by Crippen LogP contribution is 2.29. The van der Waals surface area contributed by atoms with Gasteiger partial charge in [0, 0.05) is 55.9 Å². The summed E-state index contributed by atoms with van der Waals surface area (Å²) in [7, 11) is -0.631. The molecule has 0 fully saturated rings. The zero-order chi connectivity index (χ0) is 22.2. The number of carbonyl (C=O) groups is 1. The van der Waals surface area contributed by atoms with E-state index in [-0.39, 0.29) is 10.8 Å². The molecule has 0 saturated heterocycles. The second-order valence-corrected chi connectivity index (χ2v) is 9.97. The van der Waals surface area contributed by atoms with E-state index in [1.54, 1.807) is 12.1 Å². The average molecular weight is 439 g/mol. The zero-order valence-corrected chi connectivity index (χ0v) is 18.7. The van der Waals surface area contributed by atoms with Gasteiger partial charge in [-0.3, -0.25) is 14.7 Å². The third-order valence-electron chi connectivity index (χ3n) is 5.67. The number of hydrogen-bond acceptors (Lipinski definition) is 5. The standard InChI is InChI=1S/C23H26N4O3S/c1-4-27-13-12-21-19(15-27)22(18-10-5-6-11-20(18)25-21)23(28)24-16-8-7-9-17(14-16)31(29,30)26(2)3/h5-11,14H,4,12-13,15H2,1-3H3,(H,24,28). The zero-order valence-electron chi connectivity index (χ0n) is 17.9. The Hall–Kier alpha value is -2.81.